The van der Waals surface area contributed by atoms with E-state index in [2.05, 4.69) is 20.1 Å². The number of hydrogen-bond acceptors (Lipinski definition) is 4. The van der Waals surface area contributed by atoms with Crippen molar-refractivity contribution in [3.05, 3.63) is 47.3 Å². The number of carbonyl (C=O) groups is 1. The van der Waals surface area contributed by atoms with E-state index in [1.165, 1.54) is 12.1 Å². The lowest BCUT2D eigenvalue weighted by Crippen LogP contribution is -2.38. The van der Waals surface area contributed by atoms with Gasteiger partial charge in [-0.1, -0.05) is 12.1 Å². The Balaban J connectivity index is 1.65. The fourth-order valence-electron chi connectivity index (χ4n) is 3.02. The Morgan fingerprint density at radius 1 is 1.43 bits per heavy atom. The predicted octanol–water partition coefficient (Wildman–Crippen LogP) is 1.10. The van der Waals surface area contributed by atoms with Crippen molar-refractivity contribution in [3.8, 4) is 0 Å². The molecule has 0 spiro atoms. The maximum absolute atomic E-state index is 13.0. The number of aromatic nitrogens is 3. The van der Waals surface area contributed by atoms with Crippen molar-refractivity contribution in [2.45, 2.75) is 32.4 Å². The molecule has 6 nitrogen and oxygen atoms in total. The first kappa shape index (κ1) is 15.6. The summed E-state index contributed by atoms with van der Waals surface area (Å²) in [6.07, 6.45) is 1.87. The second-order valence-corrected chi connectivity index (χ2v) is 5.97. The van der Waals surface area contributed by atoms with Crippen LogP contribution in [-0.4, -0.2) is 27.2 Å². The number of benzene rings is 1. The third-order valence-corrected chi connectivity index (χ3v) is 4.33. The molecule has 0 fully saturated rings. The molecule has 0 saturated carbocycles. The van der Waals surface area contributed by atoms with E-state index in [9.17, 15) is 9.18 Å². The monoisotopic (exact) mass is 317 g/mol. The number of fused-ring (bicyclic) bond motifs is 1. The number of rotatable bonds is 5. The fraction of sp³-hybridized carbons (Fsp3) is 0.438. The van der Waals surface area contributed by atoms with Crippen LogP contribution in [0.4, 0.5) is 4.39 Å². The van der Waals surface area contributed by atoms with Crippen LogP contribution in [0.5, 0.6) is 0 Å². The van der Waals surface area contributed by atoms with E-state index in [0.717, 1.165) is 31.0 Å². The first-order chi connectivity index (χ1) is 11.0. The fourth-order valence-corrected chi connectivity index (χ4v) is 3.02. The maximum Gasteiger partial charge on any atom is 0.239 e. The maximum atomic E-state index is 13.0. The van der Waals surface area contributed by atoms with Crippen molar-refractivity contribution in [2.75, 3.05) is 6.54 Å². The van der Waals surface area contributed by atoms with Gasteiger partial charge in [0.25, 0.3) is 0 Å². The zero-order valence-electron chi connectivity index (χ0n) is 13.0. The Kier molecular flexibility index (Phi) is 4.38. The third-order valence-electron chi connectivity index (χ3n) is 4.33. The summed E-state index contributed by atoms with van der Waals surface area (Å²) < 4.78 is 15.1. The van der Waals surface area contributed by atoms with Crippen LogP contribution >= 0.6 is 0 Å². The van der Waals surface area contributed by atoms with Gasteiger partial charge in [0.1, 0.15) is 23.5 Å². The Bertz CT molecular complexity index is 697. The Labute approximate surface area is 133 Å². The molecule has 2 unspecified atom stereocenters. The Morgan fingerprint density at radius 2 is 2.17 bits per heavy atom. The molecule has 0 radical (unpaired) electrons. The van der Waals surface area contributed by atoms with Crippen LogP contribution < -0.4 is 11.1 Å². The molecule has 1 aliphatic heterocycles. The molecule has 0 bridgehead atoms. The minimum Gasteiger partial charge on any atom is -0.368 e. The molecule has 1 amide bonds. The van der Waals surface area contributed by atoms with Gasteiger partial charge in [0.2, 0.25) is 5.91 Å². The van der Waals surface area contributed by atoms with Crippen LogP contribution in [0.2, 0.25) is 0 Å². The zero-order valence-corrected chi connectivity index (χ0v) is 13.0. The summed E-state index contributed by atoms with van der Waals surface area (Å²) in [7, 11) is 0. The largest absolute Gasteiger partial charge is 0.368 e. The Hall–Kier alpha value is -2.28. The minimum atomic E-state index is -0.612. The molecule has 3 N–H and O–H groups in total. The lowest BCUT2D eigenvalue weighted by molar-refractivity contribution is -0.120. The molecule has 3 rings (SSSR count). The lowest BCUT2D eigenvalue weighted by atomic mass is 9.98. The summed E-state index contributed by atoms with van der Waals surface area (Å²) in [6.45, 7) is 3.43. The van der Waals surface area contributed by atoms with Gasteiger partial charge >= 0.3 is 0 Å². The van der Waals surface area contributed by atoms with Gasteiger partial charge in [0.05, 0.1) is 0 Å². The standard InChI is InChI=1S/C16H20FN5O/c1-10-20-21-14-7-2-11(9-22(10)14)8-19-15(16(18)23)12-3-5-13(17)6-4-12/h3-6,11,15,19H,2,7-9H2,1H3,(H2,18,23). The number of nitrogens with zero attached hydrogens (tertiary/aromatic N) is 3. The van der Waals surface area contributed by atoms with E-state index in [4.69, 9.17) is 5.73 Å². The molecule has 1 aromatic heterocycles. The quantitative estimate of drug-likeness (QED) is 0.865. The van der Waals surface area contributed by atoms with E-state index in [-0.39, 0.29) is 5.82 Å². The summed E-state index contributed by atoms with van der Waals surface area (Å²) in [5.41, 5.74) is 6.16. The van der Waals surface area contributed by atoms with Gasteiger partial charge in [-0.15, -0.1) is 10.2 Å². The number of carbonyl (C=O) groups excluding carboxylic acids is 1. The molecule has 23 heavy (non-hydrogen) atoms. The molecular weight excluding hydrogens is 297 g/mol. The second kappa shape index (κ2) is 6.45. The summed E-state index contributed by atoms with van der Waals surface area (Å²) in [6, 6.07) is 5.22. The van der Waals surface area contributed by atoms with Crippen molar-refractivity contribution >= 4 is 5.91 Å². The minimum absolute atomic E-state index is 0.333. The SMILES string of the molecule is Cc1nnc2n1CC(CNC(C(N)=O)c1ccc(F)cc1)CC2. The van der Waals surface area contributed by atoms with Crippen molar-refractivity contribution in [1.29, 1.82) is 0 Å². The number of hydrogen-bond donors (Lipinski definition) is 2. The molecule has 122 valence electrons. The van der Waals surface area contributed by atoms with Crippen molar-refractivity contribution in [1.82, 2.24) is 20.1 Å². The third kappa shape index (κ3) is 3.39. The van der Waals surface area contributed by atoms with E-state index in [1.54, 1.807) is 12.1 Å². The van der Waals surface area contributed by atoms with Gasteiger partial charge in [-0.2, -0.15) is 0 Å². The van der Waals surface area contributed by atoms with Gasteiger partial charge in [0, 0.05) is 19.5 Å². The van der Waals surface area contributed by atoms with Gasteiger partial charge in [-0.3, -0.25) is 4.79 Å². The van der Waals surface area contributed by atoms with Crippen LogP contribution in [0.15, 0.2) is 24.3 Å². The molecular formula is C16H20FN5O. The lowest BCUT2D eigenvalue weighted by Gasteiger charge is -2.26. The summed E-state index contributed by atoms with van der Waals surface area (Å²) in [5.74, 6) is 1.51. The van der Waals surface area contributed by atoms with Crippen LogP contribution in [0.1, 0.15) is 29.7 Å². The van der Waals surface area contributed by atoms with Crippen molar-refractivity contribution in [2.24, 2.45) is 11.7 Å². The van der Waals surface area contributed by atoms with E-state index >= 15 is 0 Å². The first-order valence-corrected chi connectivity index (χ1v) is 7.71. The van der Waals surface area contributed by atoms with Gasteiger partial charge < -0.3 is 15.6 Å². The number of primary amides is 1. The summed E-state index contributed by atoms with van der Waals surface area (Å²) in [5, 5.41) is 11.5. The predicted molar refractivity (Wildman–Crippen MR) is 82.9 cm³/mol. The van der Waals surface area contributed by atoms with E-state index in [0.29, 0.717) is 18.0 Å². The number of halogens is 1. The molecule has 2 heterocycles. The molecule has 7 heteroatoms. The Morgan fingerprint density at radius 3 is 2.87 bits per heavy atom. The molecule has 0 saturated heterocycles. The van der Waals surface area contributed by atoms with Crippen LogP contribution in [-0.2, 0) is 17.8 Å². The molecule has 1 aromatic carbocycles. The van der Waals surface area contributed by atoms with Gasteiger partial charge in [-0.05, 0) is 37.0 Å². The van der Waals surface area contributed by atoms with Crippen LogP contribution in [0.25, 0.3) is 0 Å². The number of nitrogens with two attached hydrogens (primary N) is 1. The van der Waals surface area contributed by atoms with E-state index in [1.807, 2.05) is 6.92 Å². The molecule has 1 aliphatic rings. The highest BCUT2D eigenvalue weighted by Crippen LogP contribution is 2.21. The zero-order chi connectivity index (χ0) is 16.4. The molecule has 2 aromatic rings. The summed E-state index contributed by atoms with van der Waals surface area (Å²) in [4.78, 5) is 11.7. The summed E-state index contributed by atoms with van der Waals surface area (Å²) >= 11 is 0. The highest BCUT2D eigenvalue weighted by atomic mass is 19.1. The average molecular weight is 317 g/mol. The van der Waals surface area contributed by atoms with Crippen LogP contribution in [0.3, 0.4) is 0 Å². The topological polar surface area (TPSA) is 85.8 Å². The smallest absolute Gasteiger partial charge is 0.239 e. The first-order valence-electron chi connectivity index (χ1n) is 7.71. The normalized spacial score (nSPS) is 18.4. The highest BCUT2D eigenvalue weighted by molar-refractivity contribution is 5.81. The molecule has 2 atom stereocenters. The van der Waals surface area contributed by atoms with E-state index < -0.39 is 11.9 Å². The second-order valence-electron chi connectivity index (χ2n) is 5.97. The number of aryl methyl sites for hydroxylation is 2. The highest BCUT2D eigenvalue weighted by Gasteiger charge is 2.24. The van der Waals surface area contributed by atoms with Gasteiger partial charge in [0.15, 0.2) is 0 Å². The average Bonchev–Trinajstić information content (AvgIpc) is 2.90. The van der Waals surface area contributed by atoms with Crippen LogP contribution in [0, 0.1) is 18.7 Å². The number of nitrogens with one attached hydrogen (secondary N) is 1. The van der Waals surface area contributed by atoms with Gasteiger partial charge in [-0.25, -0.2) is 4.39 Å². The molecule has 0 aliphatic carbocycles. The van der Waals surface area contributed by atoms with Crippen molar-refractivity contribution < 1.29 is 9.18 Å². The number of amides is 1. The van der Waals surface area contributed by atoms with Crippen molar-refractivity contribution in [3.63, 3.8) is 0 Å².